The molecule has 2 bridgehead atoms. The second-order valence-corrected chi connectivity index (χ2v) is 23.7. The van der Waals surface area contributed by atoms with Gasteiger partial charge in [-0.1, -0.05) is 34.6 Å². The van der Waals surface area contributed by atoms with Crippen molar-refractivity contribution in [2.75, 3.05) is 30.5 Å². The van der Waals surface area contributed by atoms with Crippen LogP contribution in [0.25, 0.3) is 11.2 Å². The molecule has 0 radical (unpaired) electrons. The van der Waals surface area contributed by atoms with Gasteiger partial charge in [-0.05, 0) is 37.0 Å². The molecule has 6 rings (SSSR count). The molecule has 2 aliphatic heterocycles. The molecule has 1 unspecified atom stereocenters. The molecule has 24 heteroatoms. The van der Waals surface area contributed by atoms with E-state index in [1.807, 2.05) is 39.9 Å². The van der Waals surface area contributed by atoms with E-state index < -0.39 is 84.5 Å². The minimum absolute atomic E-state index is 0.0521. The van der Waals surface area contributed by atoms with Crippen molar-refractivity contribution in [2.24, 2.45) is 11.8 Å². The Hall–Kier alpha value is -3.45. The average molecular weight is 854 g/mol. The predicted octanol–water partition coefficient (Wildman–Crippen LogP) is 4.64. The first kappa shape index (κ1) is 43.1. The highest BCUT2D eigenvalue weighted by atomic mass is 31.2. The van der Waals surface area contributed by atoms with Crippen molar-refractivity contribution in [2.45, 2.75) is 109 Å². The molecular formula is C33H49N9O12P2Si. The van der Waals surface area contributed by atoms with Crippen LogP contribution in [-0.4, -0.2) is 98.9 Å². The van der Waals surface area contributed by atoms with Crippen LogP contribution in [0, 0.1) is 23.2 Å². The van der Waals surface area contributed by atoms with Crippen LogP contribution in [0.15, 0.2) is 29.7 Å². The van der Waals surface area contributed by atoms with E-state index in [-0.39, 0.29) is 54.2 Å². The molecule has 57 heavy (non-hydrogen) atoms. The molecule has 1 saturated carbocycles. The third-order valence-corrected chi connectivity index (χ3v) is 17.3. The zero-order valence-electron chi connectivity index (χ0n) is 32.7. The lowest BCUT2D eigenvalue weighted by molar-refractivity contribution is -0.118. The monoisotopic (exact) mass is 853 g/mol. The fourth-order valence-corrected chi connectivity index (χ4v) is 10.1. The largest absolute Gasteiger partial charge is 0.475 e. The SMILES string of the molecule is CC(C)C(=O)Nc1nc2c(ncn2[C@@H]2O[C@@H]3CO[P@@](=O)(OCCC#N)O[C@H]4C[C@H](Nc5ccncn5)C[C@@H]4COP(=O)(O)O[C@@H]2[C@@H]3O[Si](C)(C)C(C)(C)C)c(=O)[nH]1. The minimum Gasteiger partial charge on any atom is -0.408 e. The van der Waals surface area contributed by atoms with Gasteiger partial charge in [-0.25, -0.2) is 24.1 Å². The van der Waals surface area contributed by atoms with Gasteiger partial charge in [0.15, 0.2) is 25.7 Å². The molecule has 0 aromatic carbocycles. The predicted molar refractivity (Wildman–Crippen MR) is 205 cm³/mol. The number of amides is 1. The standard InChI is InChI=1S/C33H49N9O12P2Si/c1-19(2)29(43)40-32-39-28-25(30(44)41-32)37-18-42(28)31-27-26(54-57(6,7)33(3,4)5)23(51-31)16-50-56(47,48-12-8-10-34)52-22-14-21(38-24-9-11-35-17-36-24)13-20(22)15-49-55(45,46)53-27/h9,11,17-23,26-27,31H,8,12-16H2,1-7H3,(H,45,46)(H,35,36,38)(H2,39,40,41,43,44)/t20-,21-,22+,23-,26-,27-,31-,56-/m1/s1. The number of aromatic amines is 1. The van der Waals surface area contributed by atoms with Gasteiger partial charge in [0.1, 0.15) is 30.5 Å². The van der Waals surface area contributed by atoms with E-state index in [1.54, 1.807) is 26.1 Å². The van der Waals surface area contributed by atoms with Gasteiger partial charge in [0.05, 0.1) is 44.7 Å². The van der Waals surface area contributed by atoms with Gasteiger partial charge < -0.3 is 19.4 Å². The number of rotatable bonds is 10. The normalized spacial score (nSPS) is 31.2. The number of ether oxygens (including phenoxy) is 1. The fourth-order valence-electron chi connectivity index (χ4n) is 6.37. The van der Waals surface area contributed by atoms with E-state index >= 15 is 0 Å². The Balaban J connectivity index is 1.41. The summed E-state index contributed by atoms with van der Waals surface area (Å²) in [6, 6.07) is 3.32. The third-order valence-electron chi connectivity index (χ3n) is 10.4. The summed E-state index contributed by atoms with van der Waals surface area (Å²) in [4.78, 5) is 56.4. The number of aromatic nitrogens is 6. The number of carbonyl (C=O) groups is 1. The Labute approximate surface area is 329 Å². The number of nitrogens with one attached hydrogen (secondary N) is 3. The van der Waals surface area contributed by atoms with E-state index in [0.29, 0.717) is 12.2 Å². The molecule has 0 spiro atoms. The number of hydrogen-bond acceptors (Lipinski definition) is 17. The van der Waals surface area contributed by atoms with Crippen LogP contribution in [0.2, 0.25) is 18.1 Å². The van der Waals surface area contributed by atoms with Crippen molar-refractivity contribution >= 4 is 52.8 Å². The van der Waals surface area contributed by atoms with Crippen molar-refractivity contribution < 1.29 is 50.6 Å². The Morgan fingerprint density at radius 3 is 2.63 bits per heavy atom. The number of H-pyrrole nitrogens is 1. The maximum atomic E-state index is 14.5. The molecule has 3 aromatic heterocycles. The summed E-state index contributed by atoms with van der Waals surface area (Å²) in [5, 5.41) is 14.7. The Kier molecular flexibility index (Phi) is 12.9. The summed E-state index contributed by atoms with van der Waals surface area (Å²) in [7, 11) is -12.2. The molecule has 21 nitrogen and oxygen atoms in total. The molecule has 4 N–H and O–H groups in total. The van der Waals surface area contributed by atoms with Crippen molar-refractivity contribution in [1.29, 1.82) is 5.26 Å². The molecule has 3 fully saturated rings. The average Bonchev–Trinajstić information content (AvgIpc) is 3.81. The van der Waals surface area contributed by atoms with Crippen molar-refractivity contribution in [3.63, 3.8) is 0 Å². The first-order valence-corrected chi connectivity index (χ1v) is 24.4. The zero-order valence-corrected chi connectivity index (χ0v) is 35.5. The number of hydrogen-bond donors (Lipinski definition) is 4. The molecular weight excluding hydrogens is 804 g/mol. The smallest absolute Gasteiger partial charge is 0.408 e. The van der Waals surface area contributed by atoms with Crippen molar-refractivity contribution in [1.82, 2.24) is 29.5 Å². The first-order valence-electron chi connectivity index (χ1n) is 18.5. The molecule has 1 amide bonds. The summed E-state index contributed by atoms with van der Waals surface area (Å²) in [6.07, 6.45) is -1.36. The summed E-state index contributed by atoms with van der Waals surface area (Å²) in [5.74, 6) is -1.11. The summed E-state index contributed by atoms with van der Waals surface area (Å²) in [5.41, 5.74) is -0.851. The second-order valence-electron chi connectivity index (χ2n) is 15.9. The molecule has 3 aliphatic rings. The van der Waals surface area contributed by atoms with E-state index in [0.717, 1.165) is 0 Å². The van der Waals surface area contributed by atoms with Gasteiger partial charge in [-0.15, -0.1) is 0 Å². The number of phosphoric acid groups is 2. The van der Waals surface area contributed by atoms with Gasteiger partial charge >= 0.3 is 15.6 Å². The van der Waals surface area contributed by atoms with Crippen LogP contribution < -0.4 is 16.2 Å². The van der Waals surface area contributed by atoms with Crippen LogP contribution in [0.3, 0.4) is 0 Å². The summed E-state index contributed by atoms with van der Waals surface area (Å²) in [6.45, 7) is 12.1. The molecule has 1 aliphatic carbocycles. The second kappa shape index (κ2) is 17.0. The van der Waals surface area contributed by atoms with Crippen LogP contribution in [0.4, 0.5) is 11.8 Å². The zero-order chi connectivity index (χ0) is 41.3. The van der Waals surface area contributed by atoms with E-state index in [2.05, 4.69) is 35.6 Å². The number of carbonyl (C=O) groups excluding carboxylic acids is 1. The summed E-state index contributed by atoms with van der Waals surface area (Å²) < 4.78 is 72.7. The lowest BCUT2D eigenvalue weighted by atomic mass is 10.1. The highest BCUT2D eigenvalue weighted by Gasteiger charge is 2.55. The van der Waals surface area contributed by atoms with Gasteiger partial charge in [0.2, 0.25) is 11.9 Å². The lowest BCUT2D eigenvalue weighted by Gasteiger charge is -2.40. The number of fused-ring (bicyclic) bond motifs is 4. The van der Waals surface area contributed by atoms with Gasteiger partial charge in [-0.3, -0.25) is 47.1 Å². The number of anilines is 2. The lowest BCUT2D eigenvalue weighted by Crippen LogP contribution is -2.50. The number of imidazole rings is 1. The third kappa shape index (κ3) is 10.1. The number of nitrogens with zero attached hydrogens (tertiary/aromatic N) is 6. The molecule has 312 valence electrons. The fraction of sp³-hybridized carbons (Fsp3) is 0.667. The maximum absolute atomic E-state index is 14.5. The van der Waals surface area contributed by atoms with E-state index in [9.17, 15) is 28.9 Å². The van der Waals surface area contributed by atoms with Crippen LogP contribution in [0.1, 0.15) is 60.1 Å². The highest BCUT2D eigenvalue weighted by Crippen LogP contribution is 2.57. The van der Waals surface area contributed by atoms with Gasteiger partial charge in [0, 0.05) is 24.1 Å². The Morgan fingerprint density at radius 2 is 1.95 bits per heavy atom. The minimum atomic E-state index is -4.98. The Morgan fingerprint density at radius 1 is 1.18 bits per heavy atom. The quantitative estimate of drug-likeness (QED) is 0.123. The van der Waals surface area contributed by atoms with Gasteiger partial charge in [0.25, 0.3) is 5.56 Å². The first-order chi connectivity index (χ1) is 26.8. The number of phosphoric ester groups is 2. The van der Waals surface area contributed by atoms with E-state index in [1.165, 1.54) is 17.2 Å². The molecule has 3 aromatic rings. The maximum Gasteiger partial charge on any atom is 0.475 e. The molecule has 5 heterocycles. The highest BCUT2D eigenvalue weighted by molar-refractivity contribution is 7.48. The topological polar surface area (TPSA) is 273 Å². The van der Waals surface area contributed by atoms with Crippen LogP contribution in [0.5, 0.6) is 0 Å². The van der Waals surface area contributed by atoms with Crippen LogP contribution >= 0.6 is 15.6 Å². The van der Waals surface area contributed by atoms with Crippen LogP contribution in [-0.2, 0) is 45.7 Å². The Bertz CT molecular complexity index is 2110. The summed E-state index contributed by atoms with van der Waals surface area (Å²) >= 11 is 0. The van der Waals surface area contributed by atoms with Crippen molar-refractivity contribution in [3.8, 4) is 6.07 Å². The molecule has 9 atom stereocenters. The number of nitriles is 1. The van der Waals surface area contributed by atoms with Gasteiger partial charge in [-0.2, -0.15) is 10.2 Å². The van der Waals surface area contributed by atoms with E-state index in [4.69, 9.17) is 31.8 Å². The molecule has 2 saturated heterocycles. The van der Waals surface area contributed by atoms with Crippen molar-refractivity contribution in [3.05, 3.63) is 35.3 Å².